The number of amides is 1. The van der Waals surface area contributed by atoms with Crippen molar-refractivity contribution in [2.45, 2.75) is 17.9 Å². The zero-order valence-corrected chi connectivity index (χ0v) is 12.2. The van der Waals surface area contributed by atoms with Crippen LogP contribution in [0.4, 0.5) is 0 Å². The van der Waals surface area contributed by atoms with Gasteiger partial charge >= 0.3 is 0 Å². The van der Waals surface area contributed by atoms with Crippen LogP contribution in [-0.2, 0) is 10.0 Å². The highest BCUT2D eigenvalue weighted by Gasteiger charge is 2.18. The first-order valence-electron chi connectivity index (χ1n) is 6.22. The molecule has 0 bridgehead atoms. The van der Waals surface area contributed by atoms with Gasteiger partial charge in [-0.3, -0.25) is 9.78 Å². The zero-order valence-electron chi connectivity index (χ0n) is 11.4. The molecule has 0 aliphatic heterocycles. The number of pyridine rings is 1. The molecule has 110 valence electrons. The van der Waals surface area contributed by atoms with Crippen molar-refractivity contribution in [2.75, 3.05) is 0 Å². The first-order valence-corrected chi connectivity index (χ1v) is 7.70. The van der Waals surface area contributed by atoms with Crippen LogP contribution in [0.3, 0.4) is 0 Å². The van der Waals surface area contributed by atoms with Crippen LogP contribution in [0.2, 0.25) is 0 Å². The van der Waals surface area contributed by atoms with Crippen LogP contribution >= 0.6 is 0 Å². The summed E-state index contributed by atoms with van der Waals surface area (Å²) in [6.45, 7) is 1.74. The fraction of sp³-hybridized carbons (Fsp3) is 0.143. The number of benzene rings is 1. The average molecular weight is 305 g/mol. The van der Waals surface area contributed by atoms with Crippen molar-refractivity contribution in [3.8, 4) is 0 Å². The van der Waals surface area contributed by atoms with E-state index < -0.39 is 22.0 Å². The molecule has 1 aromatic heterocycles. The van der Waals surface area contributed by atoms with E-state index in [2.05, 4.69) is 9.71 Å². The quantitative estimate of drug-likeness (QED) is 0.867. The summed E-state index contributed by atoms with van der Waals surface area (Å²) in [7, 11) is -3.67. The third-order valence-corrected chi connectivity index (χ3v) is 4.54. The van der Waals surface area contributed by atoms with Gasteiger partial charge in [-0.25, -0.2) is 13.1 Å². The van der Waals surface area contributed by atoms with Crippen molar-refractivity contribution in [2.24, 2.45) is 5.73 Å². The maximum Gasteiger partial charge on any atom is 0.248 e. The van der Waals surface area contributed by atoms with Gasteiger partial charge in [-0.15, -0.1) is 0 Å². The van der Waals surface area contributed by atoms with Crippen molar-refractivity contribution in [1.82, 2.24) is 9.71 Å². The Labute approximate surface area is 123 Å². The fourth-order valence-electron chi connectivity index (χ4n) is 1.82. The minimum atomic E-state index is -3.67. The van der Waals surface area contributed by atoms with Gasteiger partial charge in [0.05, 0.1) is 4.90 Å². The summed E-state index contributed by atoms with van der Waals surface area (Å²) in [4.78, 5) is 14.9. The van der Waals surface area contributed by atoms with Gasteiger partial charge in [-0.1, -0.05) is 0 Å². The van der Waals surface area contributed by atoms with E-state index in [0.29, 0.717) is 0 Å². The lowest BCUT2D eigenvalue weighted by Gasteiger charge is -2.14. The van der Waals surface area contributed by atoms with Crippen molar-refractivity contribution in [3.05, 3.63) is 59.9 Å². The highest BCUT2D eigenvalue weighted by Crippen LogP contribution is 2.16. The molecule has 6 nitrogen and oxygen atoms in total. The van der Waals surface area contributed by atoms with Crippen LogP contribution in [0.1, 0.15) is 28.9 Å². The summed E-state index contributed by atoms with van der Waals surface area (Å²) in [5.74, 6) is -0.600. The number of carbonyl (C=O) groups excluding carboxylic acids is 1. The zero-order chi connectivity index (χ0) is 15.5. The number of rotatable bonds is 5. The Morgan fingerprint density at radius 2 is 1.71 bits per heavy atom. The Hall–Kier alpha value is -2.25. The number of nitrogens with two attached hydrogens (primary N) is 1. The molecule has 0 saturated carbocycles. The predicted molar refractivity (Wildman–Crippen MR) is 77.9 cm³/mol. The van der Waals surface area contributed by atoms with E-state index in [-0.39, 0.29) is 10.5 Å². The molecule has 0 radical (unpaired) electrons. The number of nitrogens with one attached hydrogen (secondary N) is 1. The number of hydrogen-bond donors (Lipinski definition) is 2. The molecule has 0 aliphatic carbocycles. The van der Waals surface area contributed by atoms with Crippen LogP contribution in [0, 0.1) is 0 Å². The van der Waals surface area contributed by atoms with Gasteiger partial charge in [0, 0.05) is 24.0 Å². The molecule has 2 rings (SSSR count). The van der Waals surface area contributed by atoms with Gasteiger partial charge in [0.15, 0.2) is 0 Å². The molecular weight excluding hydrogens is 290 g/mol. The minimum Gasteiger partial charge on any atom is -0.366 e. The maximum atomic E-state index is 12.3. The maximum absolute atomic E-state index is 12.3. The molecule has 1 unspecified atom stereocenters. The lowest BCUT2D eigenvalue weighted by molar-refractivity contribution is 0.1000. The number of hydrogen-bond acceptors (Lipinski definition) is 4. The molecule has 1 aromatic carbocycles. The van der Waals surface area contributed by atoms with Crippen LogP contribution in [0.15, 0.2) is 53.7 Å². The fourth-order valence-corrected chi connectivity index (χ4v) is 3.05. The van der Waals surface area contributed by atoms with E-state index in [0.717, 1.165) is 5.56 Å². The molecule has 3 N–H and O–H groups in total. The topological polar surface area (TPSA) is 102 Å². The SMILES string of the molecule is CC(NS(=O)(=O)c1ccc(C(N)=O)cc1)c1ccncc1. The molecule has 0 aliphatic rings. The summed E-state index contributed by atoms with van der Waals surface area (Å²) in [5, 5.41) is 0. The third-order valence-electron chi connectivity index (χ3n) is 2.99. The van der Waals surface area contributed by atoms with E-state index in [1.54, 1.807) is 31.5 Å². The van der Waals surface area contributed by atoms with Crippen LogP contribution in [0.5, 0.6) is 0 Å². The summed E-state index contributed by atoms with van der Waals surface area (Å²) < 4.78 is 27.1. The van der Waals surface area contributed by atoms with Crippen molar-refractivity contribution in [3.63, 3.8) is 0 Å². The van der Waals surface area contributed by atoms with Gasteiger partial charge in [-0.2, -0.15) is 0 Å². The number of nitrogens with zero attached hydrogens (tertiary/aromatic N) is 1. The van der Waals surface area contributed by atoms with Crippen molar-refractivity contribution >= 4 is 15.9 Å². The van der Waals surface area contributed by atoms with Gasteiger partial charge in [0.1, 0.15) is 0 Å². The number of carbonyl (C=O) groups is 1. The van der Waals surface area contributed by atoms with Crippen molar-refractivity contribution < 1.29 is 13.2 Å². The molecule has 1 heterocycles. The summed E-state index contributed by atoms with van der Waals surface area (Å²) in [6.07, 6.45) is 3.20. The Morgan fingerprint density at radius 1 is 1.14 bits per heavy atom. The number of aromatic nitrogens is 1. The standard InChI is InChI=1S/C14H15N3O3S/c1-10(11-6-8-16-9-7-11)17-21(19,20)13-4-2-12(3-5-13)14(15)18/h2-10,17H,1H3,(H2,15,18). The van der Waals surface area contributed by atoms with Gasteiger partial charge in [-0.05, 0) is 48.9 Å². The van der Waals surface area contributed by atoms with Crippen LogP contribution < -0.4 is 10.5 Å². The van der Waals surface area contributed by atoms with E-state index in [9.17, 15) is 13.2 Å². The average Bonchev–Trinajstić information content (AvgIpc) is 2.48. The lowest BCUT2D eigenvalue weighted by Crippen LogP contribution is -2.27. The number of sulfonamides is 1. The first-order chi connectivity index (χ1) is 9.90. The Bertz CT molecular complexity index is 728. The van der Waals surface area contributed by atoms with Gasteiger partial charge in [0.2, 0.25) is 15.9 Å². The largest absolute Gasteiger partial charge is 0.366 e. The van der Waals surface area contributed by atoms with E-state index in [1.807, 2.05) is 0 Å². The monoisotopic (exact) mass is 305 g/mol. The molecule has 0 spiro atoms. The Kier molecular flexibility index (Phi) is 4.35. The minimum absolute atomic E-state index is 0.0772. The molecule has 1 amide bonds. The summed E-state index contributed by atoms with van der Waals surface area (Å²) in [6, 6.07) is 8.55. The first kappa shape index (κ1) is 15.1. The lowest BCUT2D eigenvalue weighted by atomic mass is 10.1. The van der Waals surface area contributed by atoms with Crippen LogP contribution in [-0.4, -0.2) is 19.3 Å². The second kappa shape index (κ2) is 6.02. The number of primary amides is 1. The smallest absolute Gasteiger partial charge is 0.248 e. The van der Waals surface area contributed by atoms with Gasteiger partial charge in [0.25, 0.3) is 0 Å². The molecular formula is C14H15N3O3S. The van der Waals surface area contributed by atoms with E-state index in [1.165, 1.54) is 24.3 Å². The highest BCUT2D eigenvalue weighted by molar-refractivity contribution is 7.89. The Morgan fingerprint density at radius 3 is 2.24 bits per heavy atom. The molecule has 0 saturated heterocycles. The van der Waals surface area contributed by atoms with Crippen molar-refractivity contribution in [1.29, 1.82) is 0 Å². The molecule has 1 atom stereocenters. The molecule has 21 heavy (non-hydrogen) atoms. The Balaban J connectivity index is 2.20. The molecule has 0 fully saturated rings. The molecule has 2 aromatic rings. The summed E-state index contributed by atoms with van der Waals surface area (Å²) in [5.41, 5.74) is 6.19. The predicted octanol–water partition coefficient (Wildman–Crippen LogP) is 1.22. The van der Waals surface area contributed by atoms with E-state index >= 15 is 0 Å². The second-order valence-corrected chi connectivity index (χ2v) is 6.23. The molecule has 7 heteroatoms. The highest BCUT2D eigenvalue weighted by atomic mass is 32.2. The van der Waals surface area contributed by atoms with Crippen LogP contribution in [0.25, 0.3) is 0 Å². The summed E-state index contributed by atoms with van der Waals surface area (Å²) >= 11 is 0. The second-order valence-electron chi connectivity index (χ2n) is 4.51. The van der Waals surface area contributed by atoms with Gasteiger partial charge < -0.3 is 5.73 Å². The third kappa shape index (κ3) is 3.65. The van der Waals surface area contributed by atoms with E-state index in [4.69, 9.17) is 5.73 Å². The normalized spacial score (nSPS) is 12.8.